The van der Waals surface area contributed by atoms with E-state index in [0.717, 1.165) is 53.4 Å². The Morgan fingerprint density at radius 1 is 0.576 bits per heavy atom. The van der Waals surface area contributed by atoms with E-state index in [9.17, 15) is 25.9 Å². The fourth-order valence-corrected chi connectivity index (χ4v) is 6.89. The lowest BCUT2D eigenvalue weighted by Gasteiger charge is -2.12. The Balaban J connectivity index is 0.000000282. The molecular weight excluding hydrogens is 797 g/mol. The Morgan fingerprint density at radius 2 is 0.949 bits per heavy atom. The molecule has 0 saturated heterocycles. The number of nitrogens with one attached hydrogen (secondary N) is 2. The molecule has 0 radical (unpaired) electrons. The largest absolute Gasteiger partial charge is 0.744 e. The molecule has 18 nitrogen and oxygen atoms in total. The van der Waals surface area contributed by atoms with Gasteiger partial charge in [-0.15, -0.1) is 9.36 Å². The van der Waals surface area contributed by atoms with Crippen LogP contribution in [0.2, 0.25) is 0 Å². The van der Waals surface area contributed by atoms with Crippen LogP contribution < -0.4 is 19.8 Å². The van der Waals surface area contributed by atoms with Crippen LogP contribution in [-0.2, 0) is 48.4 Å². The molecule has 0 aliphatic heterocycles. The van der Waals surface area contributed by atoms with Gasteiger partial charge in [-0.25, -0.2) is 26.0 Å². The van der Waals surface area contributed by atoms with Crippen LogP contribution in [0.3, 0.4) is 0 Å². The fraction of sp³-hybridized carbons (Fsp3) is 0.282. The zero-order chi connectivity index (χ0) is 43.3. The van der Waals surface area contributed by atoms with Crippen LogP contribution in [0.1, 0.15) is 28.7 Å². The number of azo groups is 2. The number of aromatic nitrogens is 6. The maximum atomic E-state index is 10.5. The first-order chi connectivity index (χ1) is 27.8. The second-order valence-electron chi connectivity index (χ2n) is 13.4. The molecule has 0 unspecified atom stereocenters. The van der Waals surface area contributed by atoms with Crippen LogP contribution in [0.5, 0.6) is 0 Å². The van der Waals surface area contributed by atoms with E-state index in [1.165, 1.54) is 24.3 Å². The van der Waals surface area contributed by atoms with Crippen molar-refractivity contribution in [3.63, 3.8) is 0 Å². The Labute approximate surface area is 344 Å². The Morgan fingerprint density at radius 3 is 1.24 bits per heavy atom. The molecule has 2 aromatic heterocycles. The summed E-state index contributed by atoms with van der Waals surface area (Å²) < 4.78 is 70.0. The number of aryl methyl sites for hydroxylation is 8. The highest BCUT2D eigenvalue weighted by molar-refractivity contribution is 7.86. The van der Waals surface area contributed by atoms with Crippen LogP contribution in [0.25, 0.3) is 0 Å². The second kappa shape index (κ2) is 20.5. The SMILES string of the molecule is Cc1cc(N=Nc2n(C)nc[n+]2C)ccc1NCCCNc1ccc(N=Nc2n(C)nc[n+]2C)cc1C.Cc1ccccc1S(=O)(=O)[O-].Cc1ccccc1S(=O)(=O)[O-]. The number of rotatable bonds is 12. The van der Waals surface area contributed by atoms with Crippen molar-refractivity contribution in [2.75, 3.05) is 23.7 Å². The molecular formula is C39H48N12O6S2. The zero-order valence-electron chi connectivity index (χ0n) is 34.1. The molecule has 0 amide bonds. The van der Waals surface area contributed by atoms with Gasteiger partial charge in [-0.05, 0) is 115 Å². The third kappa shape index (κ3) is 13.4. The van der Waals surface area contributed by atoms with E-state index in [0.29, 0.717) is 23.0 Å². The average molecular weight is 845 g/mol. The normalized spacial score (nSPS) is 11.6. The van der Waals surface area contributed by atoms with Crippen molar-refractivity contribution in [2.45, 2.75) is 43.9 Å². The number of benzene rings is 4. The molecule has 0 atom stereocenters. The minimum atomic E-state index is -4.28. The Hall–Kier alpha value is -6.22. The molecule has 59 heavy (non-hydrogen) atoms. The van der Waals surface area contributed by atoms with Crippen LogP contribution in [0.4, 0.5) is 34.6 Å². The lowest BCUT2D eigenvalue weighted by atomic mass is 10.1. The standard InChI is InChI=1S/C25H32N12.2C7H8O3S/c1-18-14-20(30-32-24-34(3)16-28-36(24)5)8-10-22(18)26-12-7-13-27-23-11-9-21(15-19(23)2)31-33-25-35(4)17-29-37(25)6;2*1-6-4-2-3-5-7(6)11(8,9)10/h8-11,14-17H,7,12-13H2,1-6H3;2*2-5H,1H3,(H,8,9,10). The van der Waals surface area contributed by atoms with Crippen molar-refractivity contribution < 1.29 is 35.1 Å². The predicted octanol–water partition coefficient (Wildman–Crippen LogP) is 5.96. The van der Waals surface area contributed by atoms with Crippen LogP contribution in [0, 0.1) is 27.7 Å². The molecule has 0 spiro atoms. The van der Waals surface area contributed by atoms with Crippen molar-refractivity contribution in [2.24, 2.45) is 48.6 Å². The maximum absolute atomic E-state index is 10.5. The van der Waals surface area contributed by atoms with E-state index in [1.54, 1.807) is 60.1 Å². The van der Waals surface area contributed by atoms with Gasteiger partial charge in [-0.1, -0.05) is 46.6 Å². The molecule has 312 valence electrons. The predicted molar refractivity (Wildman–Crippen MR) is 219 cm³/mol. The van der Waals surface area contributed by atoms with Gasteiger partial charge in [0.05, 0.1) is 49.4 Å². The Bertz CT molecular complexity index is 2440. The first-order valence-corrected chi connectivity index (χ1v) is 21.0. The highest BCUT2D eigenvalue weighted by Gasteiger charge is 2.13. The summed E-state index contributed by atoms with van der Waals surface area (Å²) in [4.78, 5) is -0.278. The highest BCUT2D eigenvalue weighted by atomic mass is 32.2. The first-order valence-electron chi connectivity index (χ1n) is 18.2. The number of hydrogen-bond donors (Lipinski definition) is 2. The monoisotopic (exact) mass is 844 g/mol. The van der Waals surface area contributed by atoms with E-state index in [4.69, 9.17) is 0 Å². The van der Waals surface area contributed by atoms with Gasteiger partial charge < -0.3 is 19.7 Å². The smallest absolute Gasteiger partial charge is 0.403 e. The summed E-state index contributed by atoms with van der Waals surface area (Å²) in [6.45, 7) is 9.02. The quantitative estimate of drug-likeness (QED) is 0.0635. The van der Waals surface area contributed by atoms with E-state index in [1.807, 2.05) is 73.7 Å². The van der Waals surface area contributed by atoms with Gasteiger partial charge in [0.2, 0.25) is 12.7 Å². The lowest BCUT2D eigenvalue weighted by molar-refractivity contribution is -0.659. The van der Waals surface area contributed by atoms with Crippen LogP contribution >= 0.6 is 0 Å². The average Bonchev–Trinajstić information content (AvgIpc) is 3.67. The fourth-order valence-electron chi connectivity index (χ4n) is 5.47. The molecule has 0 fully saturated rings. The molecule has 0 aliphatic carbocycles. The van der Waals surface area contributed by atoms with Gasteiger partial charge in [0.1, 0.15) is 20.2 Å². The van der Waals surface area contributed by atoms with Crippen LogP contribution in [0.15, 0.2) is 128 Å². The van der Waals surface area contributed by atoms with Gasteiger partial charge in [-0.3, -0.25) is 0 Å². The van der Waals surface area contributed by atoms with Crippen LogP contribution in [-0.4, -0.2) is 58.6 Å². The maximum Gasteiger partial charge on any atom is 0.403 e. The minimum absolute atomic E-state index is 0.139. The second-order valence-corrected chi connectivity index (χ2v) is 16.1. The summed E-state index contributed by atoms with van der Waals surface area (Å²) in [6, 6.07) is 24.3. The summed E-state index contributed by atoms with van der Waals surface area (Å²) in [5, 5.41) is 32.7. The van der Waals surface area contributed by atoms with Crippen molar-refractivity contribution in [1.82, 2.24) is 19.6 Å². The van der Waals surface area contributed by atoms with Gasteiger partial charge in [0.15, 0.2) is 0 Å². The third-order valence-corrected chi connectivity index (χ3v) is 10.6. The molecule has 4 aromatic carbocycles. The number of hydrogen-bond acceptors (Lipinski definition) is 14. The molecule has 6 aromatic rings. The summed E-state index contributed by atoms with van der Waals surface area (Å²) in [5.41, 5.74) is 7.02. The third-order valence-electron chi connectivity index (χ3n) is 8.65. The minimum Gasteiger partial charge on any atom is -0.744 e. The molecule has 6 rings (SSSR count). The van der Waals surface area contributed by atoms with Crippen molar-refractivity contribution in [3.05, 3.63) is 120 Å². The molecule has 0 bridgehead atoms. The van der Waals surface area contributed by atoms with E-state index in [2.05, 4.69) is 55.1 Å². The van der Waals surface area contributed by atoms with E-state index >= 15 is 0 Å². The zero-order valence-corrected chi connectivity index (χ0v) is 35.7. The number of anilines is 2. The molecule has 0 saturated carbocycles. The van der Waals surface area contributed by atoms with Crippen molar-refractivity contribution in [3.8, 4) is 0 Å². The highest BCUT2D eigenvalue weighted by Crippen LogP contribution is 2.25. The summed E-state index contributed by atoms with van der Waals surface area (Å²) in [6.07, 6.45) is 4.38. The van der Waals surface area contributed by atoms with E-state index in [-0.39, 0.29) is 9.79 Å². The molecule has 2 heterocycles. The van der Waals surface area contributed by atoms with Gasteiger partial charge in [-0.2, -0.15) is 0 Å². The van der Waals surface area contributed by atoms with Gasteiger partial charge >= 0.3 is 11.9 Å². The van der Waals surface area contributed by atoms with Crippen molar-refractivity contribution >= 4 is 54.9 Å². The summed E-state index contributed by atoms with van der Waals surface area (Å²) >= 11 is 0. The molecule has 20 heteroatoms. The lowest BCUT2D eigenvalue weighted by Crippen LogP contribution is -2.25. The van der Waals surface area contributed by atoms with Crippen molar-refractivity contribution in [1.29, 1.82) is 0 Å². The topological polar surface area (TPSA) is 231 Å². The van der Waals surface area contributed by atoms with E-state index < -0.39 is 20.2 Å². The summed E-state index contributed by atoms with van der Waals surface area (Å²) in [5.74, 6) is 1.36. The van der Waals surface area contributed by atoms with Gasteiger partial charge in [0, 0.05) is 34.7 Å². The number of nitrogens with zero attached hydrogens (tertiary/aromatic N) is 10. The molecule has 2 N–H and O–H groups in total. The molecule has 0 aliphatic rings. The first kappa shape index (κ1) is 45.5. The summed E-state index contributed by atoms with van der Waals surface area (Å²) in [7, 11) is -1.10. The van der Waals surface area contributed by atoms with Gasteiger partial charge in [0.25, 0.3) is 0 Å². The Kier molecular flexibility index (Phi) is 15.8.